The summed E-state index contributed by atoms with van der Waals surface area (Å²) in [5, 5.41) is 3.05. The van der Waals surface area contributed by atoms with Crippen molar-refractivity contribution in [2.75, 3.05) is 13.1 Å². The first-order chi connectivity index (χ1) is 6.27. The molecule has 0 radical (unpaired) electrons. The second-order valence-electron chi connectivity index (χ2n) is 3.59. The van der Waals surface area contributed by atoms with Gasteiger partial charge in [0.05, 0.1) is 6.17 Å². The zero-order valence-corrected chi connectivity index (χ0v) is 8.68. The summed E-state index contributed by atoms with van der Waals surface area (Å²) in [6.07, 6.45) is 4.42. The van der Waals surface area contributed by atoms with Gasteiger partial charge < -0.3 is 5.32 Å². The average Bonchev–Trinajstić information content (AvgIpc) is 2.66. The van der Waals surface area contributed by atoms with Crippen LogP contribution in [0.3, 0.4) is 0 Å². The quantitative estimate of drug-likeness (QED) is 0.715. The Morgan fingerprint density at radius 2 is 2.00 bits per heavy atom. The molecule has 0 aliphatic carbocycles. The first-order valence-electron chi connectivity index (χ1n) is 5.31. The zero-order chi connectivity index (χ0) is 9.68. The van der Waals surface area contributed by atoms with Gasteiger partial charge in [-0.3, -0.25) is 9.69 Å². The topological polar surface area (TPSA) is 32.3 Å². The molecule has 1 fully saturated rings. The molecule has 1 atom stereocenters. The summed E-state index contributed by atoms with van der Waals surface area (Å²) in [7, 11) is 0. The van der Waals surface area contributed by atoms with E-state index in [-0.39, 0.29) is 12.1 Å². The fourth-order valence-electron chi connectivity index (χ4n) is 1.79. The molecular weight excluding hydrogens is 164 g/mol. The summed E-state index contributed by atoms with van der Waals surface area (Å²) in [5.41, 5.74) is 0. The second kappa shape index (κ2) is 5.22. The number of carbonyl (C=O) groups excluding carboxylic acids is 1. The molecule has 0 aromatic rings. The molecule has 0 aromatic heterocycles. The predicted molar refractivity (Wildman–Crippen MR) is 53.3 cm³/mol. The molecule has 1 amide bonds. The van der Waals surface area contributed by atoms with Crippen molar-refractivity contribution >= 4 is 5.91 Å². The first kappa shape index (κ1) is 10.5. The largest absolute Gasteiger partial charge is 0.341 e. The Kier molecular flexibility index (Phi) is 4.22. The van der Waals surface area contributed by atoms with Crippen LogP contribution in [-0.4, -0.2) is 30.1 Å². The standard InChI is InChI=1S/C10H20N2O/c1-3-9(11-10(13)4-2)12-7-5-6-8-12/h9H,3-8H2,1-2H3,(H,11,13)/t9-/m1/s1. The number of nitrogens with one attached hydrogen (secondary N) is 1. The number of hydrogen-bond donors (Lipinski definition) is 1. The van der Waals surface area contributed by atoms with Crippen molar-refractivity contribution in [3.8, 4) is 0 Å². The van der Waals surface area contributed by atoms with E-state index in [1.807, 2.05) is 6.92 Å². The lowest BCUT2D eigenvalue weighted by Gasteiger charge is -2.27. The summed E-state index contributed by atoms with van der Waals surface area (Å²) in [4.78, 5) is 13.6. The smallest absolute Gasteiger partial charge is 0.220 e. The van der Waals surface area contributed by atoms with Crippen molar-refractivity contribution in [1.29, 1.82) is 0 Å². The minimum Gasteiger partial charge on any atom is -0.341 e. The highest BCUT2D eigenvalue weighted by molar-refractivity contribution is 5.75. The van der Waals surface area contributed by atoms with E-state index in [4.69, 9.17) is 0 Å². The lowest BCUT2D eigenvalue weighted by Crippen LogP contribution is -2.46. The monoisotopic (exact) mass is 184 g/mol. The molecule has 1 aliphatic heterocycles. The maximum Gasteiger partial charge on any atom is 0.220 e. The van der Waals surface area contributed by atoms with Crippen molar-refractivity contribution in [1.82, 2.24) is 10.2 Å². The van der Waals surface area contributed by atoms with Gasteiger partial charge in [-0.2, -0.15) is 0 Å². The maximum absolute atomic E-state index is 11.2. The lowest BCUT2D eigenvalue weighted by atomic mass is 10.3. The molecule has 13 heavy (non-hydrogen) atoms. The van der Waals surface area contributed by atoms with E-state index in [1.165, 1.54) is 12.8 Å². The third-order valence-electron chi connectivity index (χ3n) is 2.62. The molecule has 0 aromatic carbocycles. The van der Waals surface area contributed by atoms with E-state index in [2.05, 4.69) is 17.1 Å². The number of likely N-dealkylation sites (tertiary alicyclic amines) is 1. The fraction of sp³-hybridized carbons (Fsp3) is 0.900. The van der Waals surface area contributed by atoms with Crippen LogP contribution in [0.15, 0.2) is 0 Å². The maximum atomic E-state index is 11.2. The van der Waals surface area contributed by atoms with Crippen LogP contribution in [0.25, 0.3) is 0 Å². The van der Waals surface area contributed by atoms with Crippen LogP contribution < -0.4 is 5.32 Å². The van der Waals surface area contributed by atoms with Crippen molar-refractivity contribution in [3.05, 3.63) is 0 Å². The van der Waals surface area contributed by atoms with Crippen molar-refractivity contribution in [2.24, 2.45) is 0 Å². The van der Waals surface area contributed by atoms with E-state index < -0.39 is 0 Å². The van der Waals surface area contributed by atoms with E-state index in [1.54, 1.807) is 0 Å². The van der Waals surface area contributed by atoms with Gasteiger partial charge in [-0.1, -0.05) is 13.8 Å². The molecule has 3 nitrogen and oxygen atoms in total. The van der Waals surface area contributed by atoms with Gasteiger partial charge in [0.1, 0.15) is 0 Å². The molecule has 1 heterocycles. The summed E-state index contributed by atoms with van der Waals surface area (Å²) in [6.45, 7) is 6.30. The Labute approximate surface area is 80.5 Å². The molecule has 1 rings (SSSR count). The molecule has 1 saturated heterocycles. The van der Waals surface area contributed by atoms with Gasteiger partial charge in [0.15, 0.2) is 0 Å². The van der Waals surface area contributed by atoms with Crippen molar-refractivity contribution < 1.29 is 4.79 Å². The van der Waals surface area contributed by atoms with Crippen molar-refractivity contribution in [3.63, 3.8) is 0 Å². The van der Waals surface area contributed by atoms with E-state index in [0.717, 1.165) is 19.5 Å². The van der Waals surface area contributed by atoms with Crippen LogP contribution in [0, 0.1) is 0 Å². The molecule has 0 unspecified atom stereocenters. The summed E-state index contributed by atoms with van der Waals surface area (Å²) >= 11 is 0. The zero-order valence-electron chi connectivity index (χ0n) is 8.68. The van der Waals surface area contributed by atoms with Gasteiger partial charge in [0.2, 0.25) is 5.91 Å². The Morgan fingerprint density at radius 3 is 2.46 bits per heavy atom. The first-order valence-corrected chi connectivity index (χ1v) is 5.31. The van der Waals surface area contributed by atoms with Crippen LogP contribution in [0.4, 0.5) is 0 Å². The van der Waals surface area contributed by atoms with Crippen LogP contribution in [0.2, 0.25) is 0 Å². The summed E-state index contributed by atoms with van der Waals surface area (Å²) < 4.78 is 0. The SMILES string of the molecule is CCC(=O)N[C@@H](CC)N1CCCC1. The second-order valence-corrected chi connectivity index (χ2v) is 3.59. The molecular formula is C10H20N2O. The molecule has 76 valence electrons. The van der Waals surface area contributed by atoms with Gasteiger partial charge in [-0.05, 0) is 19.3 Å². The van der Waals surface area contributed by atoms with E-state index >= 15 is 0 Å². The van der Waals surface area contributed by atoms with Gasteiger partial charge >= 0.3 is 0 Å². The Hall–Kier alpha value is -0.570. The van der Waals surface area contributed by atoms with Crippen LogP contribution in [0.1, 0.15) is 39.5 Å². The third kappa shape index (κ3) is 2.99. The van der Waals surface area contributed by atoms with E-state index in [9.17, 15) is 4.79 Å². The number of carbonyl (C=O) groups is 1. The highest BCUT2D eigenvalue weighted by atomic mass is 16.1. The summed E-state index contributed by atoms with van der Waals surface area (Å²) in [6, 6.07) is 0. The normalized spacial score (nSPS) is 20.2. The molecule has 0 spiro atoms. The van der Waals surface area contributed by atoms with Gasteiger partial charge in [0.25, 0.3) is 0 Å². The minimum absolute atomic E-state index is 0.166. The van der Waals surface area contributed by atoms with Crippen LogP contribution in [0.5, 0.6) is 0 Å². The van der Waals surface area contributed by atoms with Crippen molar-refractivity contribution in [2.45, 2.75) is 45.7 Å². The molecule has 0 saturated carbocycles. The number of amides is 1. The summed E-state index contributed by atoms with van der Waals surface area (Å²) in [5.74, 6) is 0.166. The Morgan fingerprint density at radius 1 is 1.38 bits per heavy atom. The highest BCUT2D eigenvalue weighted by Crippen LogP contribution is 2.12. The van der Waals surface area contributed by atoms with Gasteiger partial charge in [0, 0.05) is 19.5 Å². The number of rotatable bonds is 4. The minimum atomic E-state index is 0.166. The Bertz CT molecular complexity index is 164. The molecule has 0 bridgehead atoms. The van der Waals surface area contributed by atoms with Gasteiger partial charge in [-0.15, -0.1) is 0 Å². The van der Waals surface area contributed by atoms with Crippen LogP contribution in [-0.2, 0) is 4.79 Å². The van der Waals surface area contributed by atoms with Gasteiger partial charge in [-0.25, -0.2) is 0 Å². The lowest BCUT2D eigenvalue weighted by molar-refractivity contribution is -0.122. The predicted octanol–water partition coefficient (Wildman–Crippen LogP) is 1.34. The van der Waals surface area contributed by atoms with Crippen LogP contribution >= 0.6 is 0 Å². The molecule has 1 N–H and O–H groups in total. The van der Waals surface area contributed by atoms with E-state index in [0.29, 0.717) is 6.42 Å². The average molecular weight is 184 g/mol. The fourth-order valence-corrected chi connectivity index (χ4v) is 1.79. The molecule has 3 heteroatoms. The molecule has 1 aliphatic rings. The third-order valence-corrected chi connectivity index (χ3v) is 2.62. The Balaban J connectivity index is 2.37. The number of nitrogens with zero attached hydrogens (tertiary/aromatic N) is 1. The highest BCUT2D eigenvalue weighted by Gasteiger charge is 2.20. The number of hydrogen-bond acceptors (Lipinski definition) is 2.